The van der Waals surface area contributed by atoms with Crippen LogP contribution in [-0.2, 0) is 28.5 Å². The van der Waals surface area contributed by atoms with Crippen LogP contribution >= 0.6 is 0 Å². The van der Waals surface area contributed by atoms with Crippen LogP contribution in [-0.4, -0.2) is 54.4 Å². The quantitative estimate of drug-likeness (QED) is 0.446. The first-order chi connectivity index (χ1) is 13.2. The van der Waals surface area contributed by atoms with Crippen LogP contribution in [0.15, 0.2) is 47.6 Å². The molecule has 152 valence electrons. The highest BCUT2D eigenvalue weighted by Crippen LogP contribution is 2.45. The molecule has 1 saturated heterocycles. The van der Waals surface area contributed by atoms with Crippen LogP contribution in [0.2, 0.25) is 0 Å². The van der Waals surface area contributed by atoms with E-state index in [0.29, 0.717) is 11.1 Å². The van der Waals surface area contributed by atoms with E-state index in [-0.39, 0.29) is 18.6 Å². The van der Waals surface area contributed by atoms with E-state index in [0.717, 1.165) is 0 Å². The molecule has 2 bridgehead atoms. The van der Waals surface area contributed by atoms with E-state index in [2.05, 4.69) is 6.58 Å². The van der Waals surface area contributed by atoms with E-state index in [4.69, 9.17) is 18.9 Å². The van der Waals surface area contributed by atoms with Crippen molar-refractivity contribution in [2.45, 2.75) is 50.8 Å². The highest BCUT2D eigenvalue weighted by molar-refractivity contribution is 5.92. The third-order valence-corrected chi connectivity index (χ3v) is 5.61. The molecule has 1 N–H and O–H groups in total. The maximum atomic E-state index is 12.5. The fourth-order valence-corrected chi connectivity index (χ4v) is 3.87. The molecule has 0 aromatic rings. The predicted octanol–water partition coefficient (Wildman–Crippen LogP) is 1.97. The predicted molar refractivity (Wildman–Crippen MR) is 100.0 cm³/mol. The molecule has 0 aromatic carbocycles. The molecule has 0 aliphatic carbocycles. The Bertz CT molecular complexity index is 793. The normalized spacial score (nSPS) is 39.4. The van der Waals surface area contributed by atoms with Crippen LogP contribution in [0.5, 0.6) is 0 Å². The molecule has 7 heteroatoms. The summed E-state index contributed by atoms with van der Waals surface area (Å²) in [6, 6.07) is 0. The van der Waals surface area contributed by atoms with Gasteiger partial charge in [-0.2, -0.15) is 0 Å². The Morgan fingerprint density at radius 2 is 2.18 bits per heavy atom. The average molecular weight is 390 g/mol. The van der Waals surface area contributed by atoms with E-state index in [1.807, 2.05) is 13.0 Å². The van der Waals surface area contributed by atoms with Crippen LogP contribution in [0.4, 0.5) is 0 Å². The van der Waals surface area contributed by atoms with Gasteiger partial charge in [0.25, 0.3) is 0 Å². The van der Waals surface area contributed by atoms with Crippen LogP contribution < -0.4 is 0 Å². The second-order valence-corrected chi connectivity index (χ2v) is 7.51. The zero-order chi connectivity index (χ0) is 20.7. The van der Waals surface area contributed by atoms with E-state index < -0.39 is 41.5 Å². The molecule has 0 saturated carbocycles. The van der Waals surface area contributed by atoms with Crippen LogP contribution in [0, 0.1) is 5.92 Å². The molecule has 3 heterocycles. The molecule has 0 spiro atoms. The van der Waals surface area contributed by atoms with Crippen molar-refractivity contribution >= 4 is 11.9 Å². The minimum atomic E-state index is -1.28. The minimum absolute atomic E-state index is 0.228. The topological polar surface area (TPSA) is 91.3 Å². The Balaban J connectivity index is 2.09. The van der Waals surface area contributed by atoms with Crippen LogP contribution in [0.3, 0.4) is 0 Å². The Morgan fingerprint density at radius 3 is 2.79 bits per heavy atom. The van der Waals surface area contributed by atoms with Gasteiger partial charge in [-0.25, -0.2) is 9.59 Å². The number of methoxy groups -OCH3 is 1. The van der Waals surface area contributed by atoms with Crippen molar-refractivity contribution in [3.8, 4) is 0 Å². The molecule has 7 nitrogen and oxygen atoms in total. The van der Waals surface area contributed by atoms with Gasteiger partial charge in [-0.05, 0) is 32.9 Å². The lowest BCUT2D eigenvalue weighted by Crippen LogP contribution is -2.42. The first-order valence-electron chi connectivity index (χ1n) is 9.20. The number of fused-ring (bicyclic) bond motifs is 3. The Morgan fingerprint density at radius 1 is 1.46 bits per heavy atom. The van der Waals surface area contributed by atoms with Gasteiger partial charge >= 0.3 is 11.9 Å². The van der Waals surface area contributed by atoms with Crippen molar-refractivity contribution in [1.82, 2.24) is 0 Å². The van der Waals surface area contributed by atoms with Crippen LogP contribution in [0.25, 0.3) is 0 Å². The summed E-state index contributed by atoms with van der Waals surface area (Å²) in [5, 5.41) is 9.95. The zero-order valence-electron chi connectivity index (χ0n) is 16.6. The monoisotopic (exact) mass is 390 g/mol. The van der Waals surface area contributed by atoms with E-state index in [1.54, 1.807) is 32.1 Å². The molecule has 0 aromatic heterocycles. The summed E-state index contributed by atoms with van der Waals surface area (Å²) in [6.45, 7) is 8.74. The molecule has 3 aliphatic rings. The second-order valence-electron chi connectivity index (χ2n) is 7.51. The number of carbonyl (C=O) groups excluding carboxylic acids is 2. The van der Waals surface area contributed by atoms with Gasteiger partial charge in [-0.15, -0.1) is 0 Å². The second kappa shape index (κ2) is 7.31. The summed E-state index contributed by atoms with van der Waals surface area (Å²) >= 11 is 0. The molecule has 5 atom stereocenters. The summed E-state index contributed by atoms with van der Waals surface area (Å²) in [6.07, 6.45) is 5.60. The molecule has 0 unspecified atom stereocenters. The van der Waals surface area contributed by atoms with E-state index in [1.165, 1.54) is 7.11 Å². The lowest BCUT2D eigenvalue weighted by Gasteiger charge is -2.35. The fraction of sp³-hybridized carbons (Fsp3) is 0.524. The van der Waals surface area contributed by atoms with E-state index in [9.17, 15) is 14.7 Å². The summed E-state index contributed by atoms with van der Waals surface area (Å²) in [5.41, 5.74) is 0.244. The van der Waals surface area contributed by atoms with Crippen molar-refractivity contribution in [1.29, 1.82) is 0 Å². The fourth-order valence-electron chi connectivity index (χ4n) is 3.87. The first kappa shape index (κ1) is 20.5. The molecule has 3 aliphatic heterocycles. The van der Waals surface area contributed by atoms with Gasteiger partial charge in [-0.3, -0.25) is 0 Å². The molecule has 0 amide bonds. The number of allylic oxidation sites excluding steroid dienone is 1. The van der Waals surface area contributed by atoms with Gasteiger partial charge in [0.05, 0.1) is 18.1 Å². The Labute approximate surface area is 164 Å². The summed E-state index contributed by atoms with van der Waals surface area (Å²) < 4.78 is 23.0. The maximum Gasteiger partial charge on any atom is 0.334 e. The Hall–Kier alpha value is -2.22. The van der Waals surface area contributed by atoms with Crippen molar-refractivity contribution in [2.24, 2.45) is 5.92 Å². The summed E-state index contributed by atoms with van der Waals surface area (Å²) in [7, 11) is 1.47. The zero-order valence-corrected chi connectivity index (χ0v) is 16.6. The van der Waals surface area contributed by atoms with E-state index >= 15 is 0 Å². The maximum absolute atomic E-state index is 12.5. The van der Waals surface area contributed by atoms with Crippen molar-refractivity contribution in [3.05, 3.63) is 47.6 Å². The molecule has 28 heavy (non-hydrogen) atoms. The number of hydrogen-bond acceptors (Lipinski definition) is 7. The van der Waals surface area contributed by atoms with Crippen molar-refractivity contribution in [2.75, 3.05) is 13.7 Å². The van der Waals surface area contributed by atoms with Gasteiger partial charge in [0.15, 0.2) is 0 Å². The molecule has 3 rings (SSSR count). The summed E-state index contributed by atoms with van der Waals surface area (Å²) in [4.78, 5) is 24.7. The molecular weight excluding hydrogens is 364 g/mol. The number of hydrogen-bond donors (Lipinski definition) is 1. The number of ether oxygens (including phenoxy) is 4. The standard InChI is InChI=1S/C21H26O7/c1-6-12(2)18(23)27-16-10-20(4)7-8-21(25-5,28-20)14(11-22)9-15-17(16)13(3)19(24)26-15/h6-9,15-17,22H,3,10-11H2,1-2,4-5H3/b12-6-,14-9-/t15-,16+,17-,20-,21-/m0/s1. The van der Waals surface area contributed by atoms with Crippen molar-refractivity contribution in [3.63, 3.8) is 0 Å². The van der Waals surface area contributed by atoms with Crippen molar-refractivity contribution < 1.29 is 33.6 Å². The molecule has 1 fully saturated rings. The lowest BCUT2D eigenvalue weighted by molar-refractivity contribution is -0.206. The minimum Gasteiger partial charge on any atom is -0.458 e. The smallest absolute Gasteiger partial charge is 0.334 e. The number of esters is 2. The highest BCUT2D eigenvalue weighted by Gasteiger charge is 2.53. The largest absolute Gasteiger partial charge is 0.458 e. The van der Waals surface area contributed by atoms with Crippen LogP contribution in [0.1, 0.15) is 27.2 Å². The molecule has 0 radical (unpaired) electrons. The number of aliphatic hydroxyl groups is 1. The van der Waals surface area contributed by atoms with Gasteiger partial charge in [0, 0.05) is 30.2 Å². The summed E-state index contributed by atoms with van der Waals surface area (Å²) in [5.74, 6) is -2.90. The third kappa shape index (κ3) is 3.34. The number of carbonyl (C=O) groups is 2. The first-order valence-corrected chi connectivity index (χ1v) is 9.20. The van der Waals surface area contributed by atoms with Gasteiger partial charge < -0.3 is 24.1 Å². The number of rotatable bonds is 4. The Kier molecular flexibility index (Phi) is 5.36. The SMILES string of the molecule is C=C1C(=O)O[C@H]2/C=C(/CO)[C@]3(OC)C=C[C@@](C)(C[C@@H](OC(=O)/C(C)=C\C)[C@@H]12)O3. The van der Waals surface area contributed by atoms with Gasteiger partial charge in [-0.1, -0.05) is 18.7 Å². The molecular formula is C21H26O7. The third-order valence-electron chi connectivity index (χ3n) is 5.61. The number of aliphatic hydroxyl groups excluding tert-OH is 1. The van der Waals surface area contributed by atoms with Gasteiger partial charge in [0.1, 0.15) is 12.2 Å². The lowest BCUT2D eigenvalue weighted by atomic mass is 9.83. The average Bonchev–Trinajstić information content (AvgIpc) is 3.16. The van der Waals surface area contributed by atoms with Gasteiger partial charge in [0.2, 0.25) is 5.79 Å². The highest BCUT2D eigenvalue weighted by atomic mass is 16.7.